The molecule has 11 heteroatoms. The van der Waals surface area contributed by atoms with E-state index < -0.39 is 48.0 Å². The van der Waals surface area contributed by atoms with E-state index in [0.29, 0.717) is 31.9 Å². The van der Waals surface area contributed by atoms with E-state index in [2.05, 4.69) is 5.32 Å². The van der Waals surface area contributed by atoms with Crippen molar-refractivity contribution >= 4 is 18.0 Å². The molecule has 0 radical (unpaired) electrons. The van der Waals surface area contributed by atoms with Gasteiger partial charge in [-0.05, 0) is 29.9 Å². The third-order valence-corrected chi connectivity index (χ3v) is 7.20. The van der Waals surface area contributed by atoms with Crippen LogP contribution >= 0.6 is 0 Å². The van der Waals surface area contributed by atoms with Crippen molar-refractivity contribution in [3.8, 4) is 5.75 Å². The van der Waals surface area contributed by atoms with Gasteiger partial charge in [-0.2, -0.15) is 0 Å². The Balaban J connectivity index is 1.58. The molecule has 0 aliphatic carbocycles. The summed E-state index contributed by atoms with van der Waals surface area (Å²) < 4.78 is 22.2. The van der Waals surface area contributed by atoms with Gasteiger partial charge in [-0.3, -0.25) is 15.0 Å². The van der Waals surface area contributed by atoms with Crippen LogP contribution in [-0.2, 0) is 36.9 Å². The van der Waals surface area contributed by atoms with E-state index in [1.165, 1.54) is 12.0 Å². The number of ether oxygens (including phenoxy) is 4. The van der Waals surface area contributed by atoms with Gasteiger partial charge in [0, 0.05) is 18.5 Å². The summed E-state index contributed by atoms with van der Waals surface area (Å²) in [4.78, 5) is 42.5. The Kier molecular flexibility index (Phi) is 9.14. The van der Waals surface area contributed by atoms with Crippen LogP contribution in [0.1, 0.15) is 51.2 Å². The lowest BCUT2D eigenvalue weighted by Crippen LogP contribution is -2.58. The van der Waals surface area contributed by atoms with Gasteiger partial charge in [-0.15, -0.1) is 0 Å². The number of carbonyl (C=O) groups excluding carboxylic acids is 3. The van der Waals surface area contributed by atoms with Crippen LogP contribution in [0.15, 0.2) is 30.4 Å². The van der Waals surface area contributed by atoms with E-state index in [1.807, 2.05) is 51.1 Å². The highest BCUT2D eigenvalue weighted by Gasteiger charge is 2.47. The second-order valence-electron chi connectivity index (χ2n) is 11.1. The number of methoxy groups -OCH3 is 1. The Morgan fingerprint density at radius 2 is 1.97 bits per heavy atom. The number of hydrogen-bond acceptors (Lipinski definition) is 9. The molecule has 4 unspecified atom stereocenters. The Hall–Kier alpha value is -3.15. The van der Waals surface area contributed by atoms with Crippen molar-refractivity contribution in [3.63, 3.8) is 0 Å². The molecule has 11 nitrogen and oxygen atoms in total. The predicted octanol–water partition coefficient (Wildman–Crippen LogP) is 2.31. The minimum absolute atomic E-state index is 0.0242. The smallest absolute Gasteiger partial charge is 0.410 e. The average molecular weight is 546 g/mol. The van der Waals surface area contributed by atoms with Crippen LogP contribution in [0, 0.1) is 5.41 Å². The largest absolute Gasteiger partial charge is 0.489 e. The van der Waals surface area contributed by atoms with Gasteiger partial charge in [0.15, 0.2) is 0 Å². The summed E-state index contributed by atoms with van der Waals surface area (Å²) in [6.45, 7) is 6.96. The summed E-state index contributed by atoms with van der Waals surface area (Å²) in [5, 5.41) is 13.4. The number of aliphatic hydroxyl groups excluding tert-OH is 1. The summed E-state index contributed by atoms with van der Waals surface area (Å²) in [5.74, 6) is -0.292. The van der Waals surface area contributed by atoms with E-state index in [4.69, 9.17) is 18.9 Å². The summed E-state index contributed by atoms with van der Waals surface area (Å²) in [7, 11) is 1.26. The number of hydrogen-bond donors (Lipinski definition) is 2. The minimum atomic E-state index is -1.38. The summed E-state index contributed by atoms with van der Waals surface area (Å²) in [6.07, 6.45) is 2.79. The monoisotopic (exact) mass is 545 g/mol. The van der Waals surface area contributed by atoms with Crippen molar-refractivity contribution in [2.75, 3.05) is 26.9 Å². The van der Waals surface area contributed by atoms with E-state index in [1.54, 1.807) is 4.90 Å². The molecule has 0 aromatic heterocycles. The molecule has 3 heterocycles. The fraction of sp³-hybridized carbons (Fsp3) is 0.607. The van der Waals surface area contributed by atoms with Gasteiger partial charge in [-0.25, -0.2) is 9.59 Å². The molecule has 4 rings (SSSR count). The normalized spacial score (nSPS) is 27.0. The second kappa shape index (κ2) is 12.4. The first-order valence-electron chi connectivity index (χ1n) is 13.4. The lowest BCUT2D eigenvalue weighted by atomic mass is 9.85. The number of aliphatic hydroxyl groups is 1. The van der Waals surface area contributed by atoms with Gasteiger partial charge >= 0.3 is 12.1 Å². The number of allylic oxidation sites excluding steroid dienone is 1. The molecular weight excluding hydrogens is 506 g/mol. The van der Waals surface area contributed by atoms with Crippen molar-refractivity contribution in [1.82, 2.24) is 15.1 Å². The van der Waals surface area contributed by atoms with E-state index in [9.17, 15) is 19.5 Å². The molecule has 1 aromatic rings. The Labute approximate surface area is 229 Å². The van der Waals surface area contributed by atoms with Gasteiger partial charge in [-0.1, -0.05) is 45.1 Å². The van der Waals surface area contributed by atoms with Gasteiger partial charge in [0.25, 0.3) is 0 Å². The summed E-state index contributed by atoms with van der Waals surface area (Å²) in [5.41, 5.74) is 1.29. The number of benzene rings is 1. The standard InChI is InChI=1S/C28H39N3O8/c1-28(2,3)23-24(32)31-16-19(14-21(31)25(33)36-4)39-27(35)30-15-18-10-9-11-22(20(18)17-30)37-12-7-5-6-8-13-38-26(34)29-23/h5,7,9-11,19,21,23,26,29,34H,6,8,12-17H2,1-4H3. The van der Waals surface area contributed by atoms with Crippen molar-refractivity contribution in [1.29, 1.82) is 0 Å². The molecule has 39 heavy (non-hydrogen) atoms. The molecule has 1 fully saturated rings. The molecular formula is C28H39N3O8. The lowest BCUT2D eigenvalue weighted by molar-refractivity contribution is -0.159. The van der Waals surface area contributed by atoms with Crippen LogP contribution in [0.3, 0.4) is 0 Å². The predicted molar refractivity (Wildman–Crippen MR) is 140 cm³/mol. The molecule has 214 valence electrons. The van der Waals surface area contributed by atoms with E-state index >= 15 is 0 Å². The SMILES string of the molecule is COC(=O)C1CC2CN1C(=O)C(C(C)(C)C)NC(O)OCCCC=CCOc1cccc3c1CN(C3)C(=O)O2. The fourth-order valence-corrected chi connectivity index (χ4v) is 5.13. The van der Waals surface area contributed by atoms with Crippen LogP contribution in [0.2, 0.25) is 0 Å². The first-order chi connectivity index (χ1) is 18.6. The number of nitrogens with one attached hydrogen (secondary N) is 1. The molecule has 2 N–H and O–H groups in total. The van der Waals surface area contributed by atoms with Crippen LogP contribution in [0.5, 0.6) is 5.75 Å². The Morgan fingerprint density at radius 1 is 1.18 bits per heavy atom. The van der Waals surface area contributed by atoms with Crippen LogP contribution < -0.4 is 10.1 Å². The molecule has 4 atom stereocenters. The number of nitrogens with zero attached hydrogens (tertiary/aromatic N) is 2. The Morgan fingerprint density at radius 3 is 2.72 bits per heavy atom. The zero-order valence-corrected chi connectivity index (χ0v) is 23.1. The number of fused-ring (bicyclic) bond motifs is 3. The molecule has 0 spiro atoms. The number of amides is 2. The molecule has 1 aromatic carbocycles. The van der Waals surface area contributed by atoms with Gasteiger partial charge in [0.05, 0.1) is 32.8 Å². The zero-order valence-electron chi connectivity index (χ0n) is 23.1. The highest BCUT2D eigenvalue weighted by Crippen LogP contribution is 2.33. The second-order valence-corrected chi connectivity index (χ2v) is 11.1. The molecule has 1 saturated heterocycles. The maximum atomic E-state index is 13.8. The van der Waals surface area contributed by atoms with Gasteiger partial charge in [0.1, 0.15) is 24.5 Å². The van der Waals surface area contributed by atoms with Crippen molar-refractivity contribution in [2.24, 2.45) is 5.41 Å². The maximum absolute atomic E-state index is 13.8. The zero-order chi connectivity index (χ0) is 28.2. The van der Waals surface area contributed by atoms with E-state index in [0.717, 1.165) is 17.5 Å². The Bertz CT molecular complexity index is 1090. The van der Waals surface area contributed by atoms with Crippen LogP contribution in [0.25, 0.3) is 0 Å². The maximum Gasteiger partial charge on any atom is 0.410 e. The topological polar surface area (TPSA) is 127 Å². The third kappa shape index (κ3) is 6.90. The van der Waals surface area contributed by atoms with Crippen LogP contribution in [0.4, 0.5) is 4.79 Å². The first-order valence-corrected chi connectivity index (χ1v) is 13.4. The highest BCUT2D eigenvalue weighted by molar-refractivity contribution is 5.89. The molecule has 3 aliphatic rings. The first kappa shape index (κ1) is 28.8. The quantitative estimate of drug-likeness (QED) is 0.404. The van der Waals surface area contributed by atoms with E-state index in [-0.39, 0.29) is 19.6 Å². The molecule has 2 amide bonds. The average Bonchev–Trinajstić information content (AvgIpc) is 3.52. The minimum Gasteiger partial charge on any atom is -0.489 e. The highest BCUT2D eigenvalue weighted by atomic mass is 16.6. The number of carbonyl (C=O) groups is 3. The fourth-order valence-electron chi connectivity index (χ4n) is 5.13. The van der Waals surface area contributed by atoms with Crippen LogP contribution in [-0.4, -0.2) is 84.3 Å². The number of rotatable bonds is 1. The summed E-state index contributed by atoms with van der Waals surface area (Å²) in [6, 6.07) is 3.93. The molecule has 0 saturated carbocycles. The third-order valence-electron chi connectivity index (χ3n) is 7.20. The molecule has 4 bridgehead atoms. The van der Waals surface area contributed by atoms with Gasteiger partial charge < -0.3 is 29.0 Å². The number of esters is 1. The summed E-state index contributed by atoms with van der Waals surface area (Å²) >= 11 is 0. The lowest BCUT2D eigenvalue weighted by Gasteiger charge is -2.36. The van der Waals surface area contributed by atoms with Crippen molar-refractivity contribution in [2.45, 2.75) is 77.7 Å². The van der Waals surface area contributed by atoms with Gasteiger partial charge in [0.2, 0.25) is 12.3 Å². The van der Waals surface area contributed by atoms with Crippen molar-refractivity contribution < 1.29 is 38.4 Å². The van der Waals surface area contributed by atoms with Crippen molar-refractivity contribution in [3.05, 3.63) is 41.5 Å². The molecule has 3 aliphatic heterocycles.